The molecule has 120 valence electrons. The summed E-state index contributed by atoms with van der Waals surface area (Å²) in [5.41, 5.74) is 2.68. The van der Waals surface area contributed by atoms with E-state index in [-0.39, 0.29) is 0 Å². The molecule has 1 aromatic heterocycles. The Kier molecular flexibility index (Phi) is 5.73. The molecule has 1 heterocycles. The van der Waals surface area contributed by atoms with Gasteiger partial charge in [-0.3, -0.25) is 4.68 Å². The first-order valence-corrected chi connectivity index (χ1v) is 8.77. The molecule has 1 fully saturated rings. The molecule has 1 saturated carbocycles. The lowest BCUT2D eigenvalue weighted by Crippen LogP contribution is -2.46. The summed E-state index contributed by atoms with van der Waals surface area (Å²) in [6, 6.07) is 0.498. The standard InChI is InChI=1S/C17H30ClN3/c1-5-11-19-15(17(3)9-7-6-8-10-17)12-14-13(2)20-21(4)16(14)18/h15,19H,5-12H2,1-4H3. The predicted molar refractivity (Wildman–Crippen MR) is 89.9 cm³/mol. The molecule has 0 saturated heterocycles. The van der Waals surface area contributed by atoms with Crippen LogP contribution in [-0.2, 0) is 13.5 Å². The summed E-state index contributed by atoms with van der Waals surface area (Å²) in [6.45, 7) is 7.84. The van der Waals surface area contributed by atoms with Crippen molar-refractivity contribution in [1.82, 2.24) is 15.1 Å². The van der Waals surface area contributed by atoms with Crippen LogP contribution < -0.4 is 5.32 Å². The van der Waals surface area contributed by atoms with Gasteiger partial charge in [-0.1, -0.05) is 44.7 Å². The van der Waals surface area contributed by atoms with Crippen molar-refractivity contribution in [2.75, 3.05) is 6.54 Å². The molecule has 1 atom stereocenters. The van der Waals surface area contributed by atoms with E-state index in [1.54, 1.807) is 4.68 Å². The summed E-state index contributed by atoms with van der Waals surface area (Å²) in [5, 5.41) is 9.07. The minimum atomic E-state index is 0.388. The molecule has 3 nitrogen and oxygen atoms in total. The molecule has 1 aromatic rings. The number of nitrogens with one attached hydrogen (secondary N) is 1. The van der Waals surface area contributed by atoms with Crippen molar-refractivity contribution in [3.63, 3.8) is 0 Å². The van der Waals surface area contributed by atoms with Gasteiger partial charge in [0.1, 0.15) is 5.15 Å². The van der Waals surface area contributed by atoms with E-state index in [0.29, 0.717) is 11.5 Å². The van der Waals surface area contributed by atoms with Crippen LogP contribution in [-0.4, -0.2) is 22.4 Å². The zero-order valence-corrected chi connectivity index (χ0v) is 14.8. The highest BCUT2D eigenvalue weighted by atomic mass is 35.5. The molecular weight excluding hydrogens is 282 g/mol. The zero-order valence-electron chi connectivity index (χ0n) is 14.0. The maximum atomic E-state index is 6.45. The van der Waals surface area contributed by atoms with Crippen LogP contribution in [0.5, 0.6) is 0 Å². The minimum Gasteiger partial charge on any atom is -0.313 e. The summed E-state index contributed by atoms with van der Waals surface area (Å²) in [7, 11) is 1.93. The lowest BCUT2D eigenvalue weighted by atomic mass is 9.69. The second kappa shape index (κ2) is 7.15. The van der Waals surface area contributed by atoms with Gasteiger partial charge in [-0.25, -0.2) is 0 Å². The zero-order chi connectivity index (χ0) is 15.5. The second-order valence-electron chi connectivity index (χ2n) is 6.90. The van der Waals surface area contributed by atoms with Crippen LogP contribution in [0.25, 0.3) is 0 Å². The quantitative estimate of drug-likeness (QED) is 0.850. The minimum absolute atomic E-state index is 0.388. The van der Waals surface area contributed by atoms with Crippen molar-refractivity contribution in [1.29, 1.82) is 0 Å². The normalized spacial score (nSPS) is 19.7. The second-order valence-corrected chi connectivity index (χ2v) is 7.26. The Bertz CT molecular complexity index is 461. The van der Waals surface area contributed by atoms with E-state index in [0.717, 1.165) is 23.8 Å². The molecule has 1 N–H and O–H groups in total. The predicted octanol–water partition coefficient (Wildman–Crippen LogP) is 4.26. The van der Waals surface area contributed by atoms with Gasteiger partial charge in [-0.2, -0.15) is 5.10 Å². The molecule has 2 rings (SSSR count). The molecule has 0 bridgehead atoms. The Labute approximate surface area is 134 Å². The van der Waals surface area contributed by atoms with E-state index in [9.17, 15) is 0 Å². The van der Waals surface area contributed by atoms with E-state index in [2.05, 4.69) is 31.2 Å². The van der Waals surface area contributed by atoms with Crippen LogP contribution in [0.4, 0.5) is 0 Å². The molecule has 4 heteroatoms. The van der Waals surface area contributed by atoms with E-state index < -0.39 is 0 Å². The molecule has 0 amide bonds. The van der Waals surface area contributed by atoms with E-state index >= 15 is 0 Å². The third-order valence-corrected chi connectivity index (χ3v) is 5.63. The summed E-state index contributed by atoms with van der Waals surface area (Å²) in [6.07, 6.45) is 8.93. The number of hydrogen-bond acceptors (Lipinski definition) is 2. The van der Waals surface area contributed by atoms with E-state index in [1.807, 2.05) is 7.05 Å². The van der Waals surface area contributed by atoms with Crippen LogP contribution in [0.1, 0.15) is 63.6 Å². The van der Waals surface area contributed by atoms with Gasteiger partial charge in [-0.05, 0) is 44.6 Å². The largest absolute Gasteiger partial charge is 0.313 e. The van der Waals surface area contributed by atoms with Gasteiger partial charge in [0.05, 0.1) is 5.69 Å². The Morgan fingerprint density at radius 3 is 2.52 bits per heavy atom. The lowest BCUT2D eigenvalue weighted by Gasteiger charge is -2.41. The van der Waals surface area contributed by atoms with Gasteiger partial charge >= 0.3 is 0 Å². The number of halogens is 1. The third-order valence-electron chi connectivity index (χ3n) is 5.16. The smallest absolute Gasteiger partial charge is 0.130 e. The molecule has 0 radical (unpaired) electrons. The molecule has 1 aliphatic rings. The Morgan fingerprint density at radius 2 is 2.00 bits per heavy atom. The van der Waals surface area contributed by atoms with Crippen molar-refractivity contribution >= 4 is 11.6 Å². The summed E-state index contributed by atoms with van der Waals surface area (Å²) in [4.78, 5) is 0. The number of aryl methyl sites for hydroxylation is 2. The summed E-state index contributed by atoms with van der Waals surface area (Å²) in [5.74, 6) is 0. The van der Waals surface area contributed by atoms with Crippen molar-refractivity contribution in [3.05, 3.63) is 16.4 Å². The SMILES string of the molecule is CCCNC(Cc1c(C)nn(C)c1Cl)C1(C)CCCCC1. The number of nitrogens with zero attached hydrogens (tertiary/aromatic N) is 2. The van der Waals surface area contributed by atoms with Gasteiger partial charge in [0, 0.05) is 18.7 Å². The molecule has 21 heavy (non-hydrogen) atoms. The molecule has 0 spiro atoms. The fourth-order valence-corrected chi connectivity index (χ4v) is 3.95. The molecular formula is C17H30ClN3. The Balaban J connectivity index is 2.19. The maximum Gasteiger partial charge on any atom is 0.130 e. The Morgan fingerprint density at radius 1 is 1.33 bits per heavy atom. The molecule has 0 aliphatic heterocycles. The fraction of sp³-hybridized carbons (Fsp3) is 0.824. The number of rotatable bonds is 6. The van der Waals surface area contributed by atoms with Crippen molar-refractivity contribution in [2.24, 2.45) is 12.5 Å². The highest BCUT2D eigenvalue weighted by Gasteiger charge is 2.36. The van der Waals surface area contributed by atoms with Gasteiger partial charge in [0.2, 0.25) is 0 Å². The number of aromatic nitrogens is 2. The first kappa shape index (κ1) is 16.8. The first-order chi connectivity index (χ1) is 9.98. The molecule has 1 aliphatic carbocycles. The highest BCUT2D eigenvalue weighted by Crippen LogP contribution is 2.40. The Hall–Kier alpha value is -0.540. The van der Waals surface area contributed by atoms with Crippen LogP contribution in [0.3, 0.4) is 0 Å². The summed E-state index contributed by atoms with van der Waals surface area (Å²) < 4.78 is 1.80. The van der Waals surface area contributed by atoms with Crippen LogP contribution in [0, 0.1) is 12.3 Å². The topological polar surface area (TPSA) is 29.9 Å². The van der Waals surface area contributed by atoms with E-state index in [1.165, 1.54) is 44.1 Å². The molecule has 1 unspecified atom stereocenters. The van der Waals surface area contributed by atoms with Gasteiger partial charge in [0.25, 0.3) is 0 Å². The molecule has 0 aromatic carbocycles. The van der Waals surface area contributed by atoms with Crippen LogP contribution in [0.15, 0.2) is 0 Å². The van der Waals surface area contributed by atoms with Crippen LogP contribution >= 0.6 is 11.6 Å². The van der Waals surface area contributed by atoms with Gasteiger partial charge in [-0.15, -0.1) is 0 Å². The fourth-order valence-electron chi connectivity index (χ4n) is 3.70. The maximum absolute atomic E-state index is 6.45. The van der Waals surface area contributed by atoms with Crippen molar-refractivity contribution in [2.45, 2.75) is 71.8 Å². The lowest BCUT2D eigenvalue weighted by molar-refractivity contribution is 0.143. The van der Waals surface area contributed by atoms with Gasteiger partial charge < -0.3 is 5.32 Å². The summed E-state index contributed by atoms with van der Waals surface area (Å²) >= 11 is 6.45. The number of hydrogen-bond donors (Lipinski definition) is 1. The monoisotopic (exact) mass is 311 g/mol. The van der Waals surface area contributed by atoms with Crippen molar-refractivity contribution < 1.29 is 0 Å². The first-order valence-electron chi connectivity index (χ1n) is 8.39. The van der Waals surface area contributed by atoms with Crippen LogP contribution in [0.2, 0.25) is 5.15 Å². The average Bonchev–Trinajstić information content (AvgIpc) is 2.69. The highest BCUT2D eigenvalue weighted by molar-refractivity contribution is 6.30. The van der Waals surface area contributed by atoms with Gasteiger partial charge in [0.15, 0.2) is 0 Å². The van der Waals surface area contributed by atoms with E-state index in [4.69, 9.17) is 11.6 Å². The van der Waals surface area contributed by atoms with Crippen molar-refractivity contribution in [3.8, 4) is 0 Å². The third kappa shape index (κ3) is 3.81. The average molecular weight is 312 g/mol.